The number of esters is 1. The number of rotatable bonds is 3. The Bertz CT molecular complexity index is 910. The number of carbonyl (C=O) groups is 1. The SMILES string of the molecule is O=C(Oc1ccc([N+](=O)[O-])c2cccnc12)c1ccc(Cl)cc1. The number of halogens is 1. The standard InChI is InChI=1S/C16H9ClN2O4/c17-11-5-3-10(4-6-11)16(20)23-14-8-7-13(19(21)22)12-2-1-9-18-15(12)14/h1-9H. The Morgan fingerprint density at radius 2 is 1.87 bits per heavy atom. The van der Waals surface area contributed by atoms with Gasteiger partial charge in [0.25, 0.3) is 5.69 Å². The van der Waals surface area contributed by atoms with Crippen LogP contribution in [0.1, 0.15) is 10.4 Å². The van der Waals surface area contributed by atoms with Gasteiger partial charge in [0.05, 0.1) is 15.9 Å². The first kappa shape index (κ1) is 14.9. The molecule has 0 saturated heterocycles. The highest BCUT2D eigenvalue weighted by atomic mass is 35.5. The molecule has 0 saturated carbocycles. The molecule has 0 unspecified atom stereocenters. The molecule has 0 aliphatic rings. The fourth-order valence-corrected chi connectivity index (χ4v) is 2.24. The number of pyridine rings is 1. The van der Waals surface area contributed by atoms with Gasteiger partial charge in [0, 0.05) is 17.3 Å². The van der Waals surface area contributed by atoms with E-state index in [1.165, 1.54) is 30.5 Å². The van der Waals surface area contributed by atoms with Gasteiger partial charge in [-0.25, -0.2) is 4.79 Å². The molecule has 0 radical (unpaired) electrons. The zero-order chi connectivity index (χ0) is 16.4. The van der Waals surface area contributed by atoms with Crippen LogP contribution in [0.25, 0.3) is 10.9 Å². The van der Waals surface area contributed by atoms with E-state index in [0.717, 1.165) is 0 Å². The molecule has 23 heavy (non-hydrogen) atoms. The number of benzene rings is 2. The van der Waals surface area contributed by atoms with Crippen LogP contribution >= 0.6 is 11.6 Å². The lowest BCUT2D eigenvalue weighted by Crippen LogP contribution is -2.09. The average Bonchev–Trinajstić information content (AvgIpc) is 2.55. The van der Waals surface area contributed by atoms with Crippen LogP contribution in [0.15, 0.2) is 54.7 Å². The first-order valence-electron chi connectivity index (χ1n) is 6.56. The minimum Gasteiger partial charge on any atom is -0.421 e. The highest BCUT2D eigenvalue weighted by Gasteiger charge is 2.18. The van der Waals surface area contributed by atoms with E-state index in [2.05, 4.69) is 4.98 Å². The predicted molar refractivity (Wildman–Crippen MR) is 84.8 cm³/mol. The molecule has 1 heterocycles. The second kappa shape index (κ2) is 6.02. The minimum atomic E-state index is -0.595. The molecular weight excluding hydrogens is 320 g/mol. The Labute approximate surface area is 135 Å². The smallest absolute Gasteiger partial charge is 0.343 e. The number of nitrogens with zero attached hydrogens (tertiary/aromatic N) is 2. The summed E-state index contributed by atoms with van der Waals surface area (Å²) < 4.78 is 5.32. The summed E-state index contributed by atoms with van der Waals surface area (Å²) in [5.74, 6) is -0.436. The fourth-order valence-electron chi connectivity index (χ4n) is 2.12. The zero-order valence-electron chi connectivity index (χ0n) is 11.6. The maximum atomic E-state index is 12.2. The third kappa shape index (κ3) is 2.97. The molecule has 114 valence electrons. The van der Waals surface area contributed by atoms with Gasteiger partial charge >= 0.3 is 5.97 Å². The van der Waals surface area contributed by atoms with Crippen LogP contribution < -0.4 is 4.74 Å². The first-order chi connectivity index (χ1) is 11.1. The van der Waals surface area contributed by atoms with Crippen LogP contribution in [0.3, 0.4) is 0 Å². The van der Waals surface area contributed by atoms with Crippen LogP contribution in [-0.4, -0.2) is 15.9 Å². The van der Waals surface area contributed by atoms with Gasteiger partial charge in [0.15, 0.2) is 5.75 Å². The predicted octanol–water partition coefficient (Wildman–Crippen LogP) is 4.02. The van der Waals surface area contributed by atoms with Crippen LogP contribution in [0.4, 0.5) is 5.69 Å². The van der Waals surface area contributed by atoms with E-state index in [4.69, 9.17) is 16.3 Å². The molecule has 3 aromatic rings. The molecule has 1 aromatic heterocycles. The topological polar surface area (TPSA) is 82.3 Å². The summed E-state index contributed by atoms with van der Waals surface area (Å²) in [5, 5.41) is 11.9. The number of nitro benzene ring substituents is 1. The van der Waals surface area contributed by atoms with Crippen LogP contribution in [-0.2, 0) is 0 Å². The third-order valence-electron chi connectivity index (χ3n) is 3.19. The highest BCUT2D eigenvalue weighted by molar-refractivity contribution is 6.30. The molecule has 0 N–H and O–H groups in total. The highest BCUT2D eigenvalue weighted by Crippen LogP contribution is 2.31. The van der Waals surface area contributed by atoms with E-state index < -0.39 is 10.9 Å². The Balaban J connectivity index is 2.00. The van der Waals surface area contributed by atoms with Crippen molar-refractivity contribution >= 4 is 34.2 Å². The maximum absolute atomic E-state index is 12.2. The van der Waals surface area contributed by atoms with Gasteiger partial charge in [0.2, 0.25) is 0 Å². The molecule has 0 atom stereocenters. The quantitative estimate of drug-likeness (QED) is 0.314. The Hall–Kier alpha value is -2.99. The van der Waals surface area contributed by atoms with E-state index in [-0.39, 0.29) is 17.0 Å². The van der Waals surface area contributed by atoms with E-state index in [9.17, 15) is 14.9 Å². The lowest BCUT2D eigenvalue weighted by Gasteiger charge is -2.07. The summed E-state index contributed by atoms with van der Waals surface area (Å²) >= 11 is 5.78. The molecule has 6 nitrogen and oxygen atoms in total. The summed E-state index contributed by atoms with van der Waals surface area (Å²) in [6.07, 6.45) is 1.48. The van der Waals surface area contributed by atoms with Gasteiger partial charge in [-0.1, -0.05) is 11.6 Å². The molecule has 0 aliphatic heterocycles. The largest absolute Gasteiger partial charge is 0.421 e. The molecule has 0 amide bonds. The minimum absolute atomic E-state index is 0.0978. The number of ether oxygens (including phenoxy) is 1. The number of nitro groups is 1. The Morgan fingerprint density at radius 3 is 2.57 bits per heavy atom. The third-order valence-corrected chi connectivity index (χ3v) is 3.44. The van der Waals surface area contributed by atoms with Crippen molar-refractivity contribution in [3.8, 4) is 5.75 Å². The van der Waals surface area contributed by atoms with E-state index >= 15 is 0 Å². The lowest BCUT2D eigenvalue weighted by atomic mass is 10.1. The van der Waals surface area contributed by atoms with Gasteiger partial charge in [-0.15, -0.1) is 0 Å². The number of non-ortho nitro benzene ring substituents is 1. The molecular formula is C16H9ClN2O4. The number of aromatic nitrogens is 1. The van der Waals surface area contributed by atoms with Crippen molar-refractivity contribution in [1.29, 1.82) is 0 Å². The number of carbonyl (C=O) groups excluding carboxylic acids is 1. The Kier molecular flexibility index (Phi) is 3.91. The molecule has 2 aromatic carbocycles. The van der Waals surface area contributed by atoms with Gasteiger partial charge in [0.1, 0.15) is 5.52 Å². The fraction of sp³-hybridized carbons (Fsp3) is 0. The molecule has 0 spiro atoms. The van der Waals surface area contributed by atoms with Crippen molar-refractivity contribution in [2.24, 2.45) is 0 Å². The molecule has 3 rings (SSSR count). The van der Waals surface area contributed by atoms with Crippen LogP contribution in [0.5, 0.6) is 5.75 Å². The monoisotopic (exact) mass is 328 g/mol. The first-order valence-corrected chi connectivity index (χ1v) is 6.94. The van der Waals surface area contributed by atoms with Gasteiger partial charge in [-0.3, -0.25) is 15.1 Å². The normalized spacial score (nSPS) is 10.5. The summed E-state index contributed by atoms with van der Waals surface area (Å²) in [5.41, 5.74) is 0.472. The van der Waals surface area contributed by atoms with Gasteiger partial charge < -0.3 is 4.74 Å². The second-order valence-corrected chi connectivity index (χ2v) is 5.07. The zero-order valence-corrected chi connectivity index (χ0v) is 12.4. The summed E-state index contributed by atoms with van der Waals surface area (Å²) in [6.45, 7) is 0. The van der Waals surface area contributed by atoms with Crippen LogP contribution in [0, 0.1) is 10.1 Å². The summed E-state index contributed by atoms with van der Waals surface area (Å²) in [7, 11) is 0. The maximum Gasteiger partial charge on any atom is 0.343 e. The number of hydrogen-bond acceptors (Lipinski definition) is 5. The van der Waals surface area contributed by atoms with E-state index in [1.54, 1.807) is 24.3 Å². The van der Waals surface area contributed by atoms with Crippen LogP contribution in [0.2, 0.25) is 5.02 Å². The van der Waals surface area contributed by atoms with Crippen molar-refractivity contribution in [3.05, 3.63) is 75.4 Å². The molecule has 0 aliphatic carbocycles. The summed E-state index contributed by atoms with van der Waals surface area (Å²) in [4.78, 5) is 26.8. The van der Waals surface area contributed by atoms with Crippen molar-refractivity contribution in [3.63, 3.8) is 0 Å². The molecule has 7 heteroatoms. The second-order valence-electron chi connectivity index (χ2n) is 4.64. The van der Waals surface area contributed by atoms with Gasteiger partial charge in [-0.2, -0.15) is 0 Å². The van der Waals surface area contributed by atoms with E-state index in [0.29, 0.717) is 16.0 Å². The number of hydrogen-bond donors (Lipinski definition) is 0. The average molecular weight is 329 g/mol. The van der Waals surface area contributed by atoms with E-state index in [1.807, 2.05) is 0 Å². The Morgan fingerprint density at radius 1 is 1.13 bits per heavy atom. The van der Waals surface area contributed by atoms with Gasteiger partial charge in [-0.05, 0) is 42.5 Å². The van der Waals surface area contributed by atoms with Crippen molar-refractivity contribution in [2.75, 3.05) is 0 Å². The summed E-state index contributed by atoms with van der Waals surface area (Å²) in [6, 6.07) is 12.0. The molecule has 0 bridgehead atoms. The van der Waals surface area contributed by atoms with Crippen molar-refractivity contribution in [2.45, 2.75) is 0 Å². The number of fused-ring (bicyclic) bond motifs is 1. The lowest BCUT2D eigenvalue weighted by molar-refractivity contribution is -0.383. The molecule has 0 fully saturated rings. The van der Waals surface area contributed by atoms with Crippen molar-refractivity contribution < 1.29 is 14.5 Å². The van der Waals surface area contributed by atoms with Crippen molar-refractivity contribution in [1.82, 2.24) is 4.98 Å².